The summed E-state index contributed by atoms with van der Waals surface area (Å²) in [6, 6.07) is 13.4. The maximum Gasteiger partial charge on any atom is 0.203 e. The third kappa shape index (κ3) is 3.44. The van der Waals surface area contributed by atoms with Gasteiger partial charge in [0.05, 0.1) is 33.5 Å². The van der Waals surface area contributed by atoms with Crippen molar-refractivity contribution in [1.29, 1.82) is 0 Å². The second-order valence-electron chi connectivity index (χ2n) is 5.87. The molecule has 1 heterocycles. The van der Waals surface area contributed by atoms with Crippen molar-refractivity contribution in [2.75, 3.05) is 27.9 Å². The molecule has 1 aliphatic heterocycles. The number of methoxy groups -OCH3 is 3. The lowest BCUT2D eigenvalue weighted by atomic mass is 10.0. The Morgan fingerprint density at radius 2 is 1.69 bits per heavy atom. The lowest BCUT2D eigenvalue weighted by Crippen LogP contribution is -2.35. The van der Waals surface area contributed by atoms with E-state index in [1.165, 1.54) is 0 Å². The zero-order chi connectivity index (χ0) is 18.5. The molecule has 2 unspecified atom stereocenters. The summed E-state index contributed by atoms with van der Waals surface area (Å²) in [6.07, 6.45) is -0.0139. The molecule has 3 N–H and O–H groups in total. The number of hydrogen-bond donors (Lipinski definition) is 3. The van der Waals surface area contributed by atoms with Crippen molar-refractivity contribution in [1.82, 2.24) is 10.6 Å². The summed E-state index contributed by atoms with van der Waals surface area (Å²) in [5.74, 6) is 1.51. The number of nitrogens with zero attached hydrogens (tertiary/aromatic N) is 1. The van der Waals surface area contributed by atoms with E-state index in [1.54, 1.807) is 33.5 Å². The van der Waals surface area contributed by atoms with Crippen LogP contribution in [0.5, 0.6) is 17.2 Å². The Morgan fingerprint density at radius 1 is 1.04 bits per heavy atom. The molecule has 0 saturated carbocycles. The van der Waals surface area contributed by atoms with E-state index in [4.69, 9.17) is 14.2 Å². The van der Waals surface area contributed by atoms with Gasteiger partial charge in [0.25, 0.3) is 0 Å². The molecule has 2 atom stereocenters. The molecule has 3 rings (SSSR count). The van der Waals surface area contributed by atoms with Crippen molar-refractivity contribution in [3.63, 3.8) is 0 Å². The topological polar surface area (TPSA) is 84.3 Å². The van der Waals surface area contributed by atoms with E-state index < -0.39 is 0 Å². The maximum absolute atomic E-state index is 9.66. The quantitative estimate of drug-likeness (QED) is 0.417. The highest BCUT2D eigenvalue weighted by atomic mass is 16.5. The zero-order valence-corrected chi connectivity index (χ0v) is 15.0. The highest BCUT2D eigenvalue weighted by Crippen LogP contribution is 2.38. The van der Waals surface area contributed by atoms with E-state index >= 15 is 0 Å². The van der Waals surface area contributed by atoms with Gasteiger partial charge in [0.1, 0.15) is 5.71 Å². The number of rotatable bonds is 6. The van der Waals surface area contributed by atoms with Crippen molar-refractivity contribution >= 4 is 5.71 Å². The van der Waals surface area contributed by atoms with Crippen LogP contribution in [0, 0.1) is 0 Å². The van der Waals surface area contributed by atoms with Gasteiger partial charge in [0.2, 0.25) is 5.75 Å². The number of ether oxygens (including phenoxy) is 3. The summed E-state index contributed by atoms with van der Waals surface area (Å²) in [6.45, 7) is 0.621. The van der Waals surface area contributed by atoms with Crippen molar-refractivity contribution in [3.8, 4) is 17.2 Å². The van der Waals surface area contributed by atoms with E-state index in [2.05, 4.69) is 15.8 Å². The Bertz CT molecular complexity index is 755. The molecular weight excluding hydrogens is 334 g/mol. The van der Waals surface area contributed by atoms with Gasteiger partial charge in [-0.05, 0) is 17.7 Å². The van der Waals surface area contributed by atoms with Gasteiger partial charge in [-0.15, -0.1) is 0 Å². The van der Waals surface area contributed by atoms with Crippen LogP contribution < -0.4 is 24.8 Å². The van der Waals surface area contributed by atoms with Crippen molar-refractivity contribution in [3.05, 3.63) is 53.6 Å². The summed E-state index contributed by atoms with van der Waals surface area (Å²) < 4.78 is 16.1. The Labute approximate surface area is 152 Å². The molecule has 1 saturated heterocycles. The Morgan fingerprint density at radius 3 is 2.23 bits per heavy atom. The van der Waals surface area contributed by atoms with E-state index in [9.17, 15) is 5.21 Å². The van der Waals surface area contributed by atoms with Gasteiger partial charge in [0.15, 0.2) is 11.5 Å². The molecule has 7 nitrogen and oxygen atoms in total. The predicted molar refractivity (Wildman–Crippen MR) is 98.5 cm³/mol. The number of benzene rings is 2. The summed E-state index contributed by atoms with van der Waals surface area (Å²) in [5, 5.41) is 20.0. The molecule has 26 heavy (non-hydrogen) atoms. The minimum absolute atomic E-state index is 0.0139. The van der Waals surface area contributed by atoms with Crippen LogP contribution in [0.3, 0.4) is 0 Å². The van der Waals surface area contributed by atoms with E-state index in [1.807, 2.05) is 30.3 Å². The minimum Gasteiger partial charge on any atom is -0.493 e. The van der Waals surface area contributed by atoms with Crippen LogP contribution in [0.15, 0.2) is 47.6 Å². The third-order valence-corrected chi connectivity index (χ3v) is 4.43. The summed E-state index contributed by atoms with van der Waals surface area (Å²) in [4.78, 5) is 0. The van der Waals surface area contributed by atoms with Crippen LogP contribution in [-0.2, 0) is 0 Å². The van der Waals surface area contributed by atoms with Crippen molar-refractivity contribution < 1.29 is 19.4 Å². The Balaban J connectivity index is 1.88. The van der Waals surface area contributed by atoms with Crippen molar-refractivity contribution in [2.45, 2.75) is 12.2 Å². The molecule has 2 aromatic carbocycles. The normalized spacial score (nSPS) is 20.0. The fourth-order valence-corrected chi connectivity index (χ4v) is 3.15. The first kappa shape index (κ1) is 18.0. The van der Waals surface area contributed by atoms with Crippen LogP contribution in [0.25, 0.3) is 0 Å². The predicted octanol–water partition coefficient (Wildman–Crippen LogP) is 2.15. The molecule has 0 amide bonds. The van der Waals surface area contributed by atoms with Gasteiger partial charge in [-0.3, -0.25) is 10.6 Å². The average Bonchev–Trinajstić information content (AvgIpc) is 3.18. The van der Waals surface area contributed by atoms with Crippen LogP contribution in [0.2, 0.25) is 0 Å². The molecule has 0 radical (unpaired) electrons. The van der Waals surface area contributed by atoms with Gasteiger partial charge in [-0.2, -0.15) is 0 Å². The van der Waals surface area contributed by atoms with E-state index in [0.29, 0.717) is 35.1 Å². The smallest absolute Gasteiger partial charge is 0.203 e. The summed E-state index contributed by atoms with van der Waals surface area (Å²) in [7, 11) is 4.66. The standard InChI is InChI=1S/C19H23N3O4/c1-24-15-9-13(10-16(25-2)18(15)26-3)17(22-23)14-11-20-19(21-14)12-7-5-4-6-8-12/h4-10,14,19-21,23H,11H2,1-3H3. The fourth-order valence-electron chi connectivity index (χ4n) is 3.15. The number of hydrogen-bond acceptors (Lipinski definition) is 7. The highest BCUT2D eigenvalue weighted by Gasteiger charge is 2.30. The van der Waals surface area contributed by atoms with Crippen LogP contribution in [0.1, 0.15) is 17.3 Å². The molecule has 0 spiro atoms. The van der Waals surface area contributed by atoms with Gasteiger partial charge >= 0.3 is 0 Å². The molecule has 1 fully saturated rings. The van der Waals surface area contributed by atoms with E-state index in [-0.39, 0.29) is 12.2 Å². The van der Waals surface area contributed by atoms with Crippen molar-refractivity contribution in [2.24, 2.45) is 5.16 Å². The maximum atomic E-state index is 9.66. The van der Waals surface area contributed by atoms with Crippen LogP contribution in [-0.4, -0.2) is 44.8 Å². The monoisotopic (exact) mass is 357 g/mol. The molecule has 1 aliphatic rings. The first-order chi connectivity index (χ1) is 12.7. The Kier molecular flexibility index (Phi) is 5.60. The molecule has 2 aromatic rings. The van der Waals surface area contributed by atoms with E-state index in [0.717, 1.165) is 5.56 Å². The SMILES string of the molecule is COc1cc(C(=NO)C2CNC(c3ccccc3)N2)cc(OC)c1OC. The lowest BCUT2D eigenvalue weighted by molar-refractivity contribution is 0.315. The van der Waals surface area contributed by atoms with Gasteiger partial charge in [-0.1, -0.05) is 35.5 Å². The highest BCUT2D eigenvalue weighted by molar-refractivity contribution is 6.05. The number of nitrogens with one attached hydrogen (secondary N) is 2. The second-order valence-corrected chi connectivity index (χ2v) is 5.87. The van der Waals surface area contributed by atoms with Crippen LogP contribution in [0.4, 0.5) is 0 Å². The number of oxime groups is 1. The second kappa shape index (κ2) is 8.07. The lowest BCUT2D eigenvalue weighted by Gasteiger charge is -2.18. The molecular formula is C19H23N3O4. The average molecular weight is 357 g/mol. The third-order valence-electron chi connectivity index (χ3n) is 4.43. The summed E-state index contributed by atoms with van der Waals surface area (Å²) in [5.41, 5.74) is 2.31. The van der Waals surface area contributed by atoms with Gasteiger partial charge < -0.3 is 19.4 Å². The first-order valence-electron chi connectivity index (χ1n) is 8.28. The largest absolute Gasteiger partial charge is 0.493 e. The first-order valence-corrected chi connectivity index (χ1v) is 8.28. The zero-order valence-electron chi connectivity index (χ0n) is 15.0. The van der Waals surface area contributed by atoms with Gasteiger partial charge in [0, 0.05) is 12.1 Å². The van der Waals surface area contributed by atoms with Crippen LogP contribution >= 0.6 is 0 Å². The molecule has 7 heteroatoms. The van der Waals surface area contributed by atoms with Gasteiger partial charge in [-0.25, -0.2) is 0 Å². The Hall–Kier alpha value is -2.77. The summed E-state index contributed by atoms with van der Waals surface area (Å²) >= 11 is 0. The molecule has 138 valence electrons. The molecule has 0 aliphatic carbocycles. The minimum atomic E-state index is -0.173. The molecule has 0 aromatic heterocycles. The fraction of sp³-hybridized carbons (Fsp3) is 0.316. The molecule has 0 bridgehead atoms.